The van der Waals surface area contributed by atoms with Gasteiger partial charge in [-0.3, -0.25) is 0 Å². The van der Waals surface area contributed by atoms with Crippen LogP contribution < -0.4 is 0 Å². The fourth-order valence-electron chi connectivity index (χ4n) is 1.84. The Labute approximate surface area is 115 Å². The highest BCUT2D eigenvalue weighted by Gasteiger charge is 2.14. The van der Waals surface area contributed by atoms with E-state index in [4.69, 9.17) is 9.78 Å². The summed E-state index contributed by atoms with van der Waals surface area (Å²) in [6, 6.07) is 5.34. The second-order valence-corrected chi connectivity index (χ2v) is 4.60. The molecule has 0 saturated carbocycles. The van der Waals surface area contributed by atoms with E-state index in [2.05, 4.69) is 16.2 Å². The number of hydrogen-bond acceptors (Lipinski definition) is 4. The topological polar surface area (TPSA) is 62.7 Å². The molecule has 1 atom stereocenters. The highest BCUT2D eigenvalue weighted by atomic mass is 19.1. The molecule has 6 heteroatoms. The van der Waals surface area contributed by atoms with Gasteiger partial charge in [0, 0.05) is 24.8 Å². The molecule has 0 radical (unpaired) electrons. The molecule has 2 rings (SSSR count). The summed E-state index contributed by atoms with van der Waals surface area (Å²) in [5, 5.41) is 12.3. The molecular weight excluding hydrogens is 264 g/mol. The fraction of sp³-hybridized carbons (Fsp3) is 0.357. The number of rotatable bonds is 5. The molecule has 0 bridgehead atoms. The van der Waals surface area contributed by atoms with Crippen molar-refractivity contribution in [1.29, 1.82) is 5.26 Å². The van der Waals surface area contributed by atoms with E-state index in [1.165, 1.54) is 12.1 Å². The third kappa shape index (κ3) is 3.60. The summed E-state index contributed by atoms with van der Waals surface area (Å²) >= 11 is 0. The quantitative estimate of drug-likeness (QED) is 0.840. The molecule has 104 valence electrons. The molecule has 0 amide bonds. The first-order valence-corrected chi connectivity index (χ1v) is 6.23. The molecule has 0 saturated heterocycles. The molecule has 1 unspecified atom stereocenters. The number of hydrogen-bond donors (Lipinski definition) is 0. The summed E-state index contributed by atoms with van der Waals surface area (Å²) < 4.78 is 31.2. The Morgan fingerprint density at radius 1 is 1.30 bits per heavy atom. The van der Waals surface area contributed by atoms with Crippen LogP contribution in [0.15, 0.2) is 22.7 Å². The Balaban J connectivity index is 2.07. The van der Waals surface area contributed by atoms with Crippen LogP contribution in [0.4, 0.5) is 8.78 Å². The smallest absolute Gasteiger partial charge is 0.229 e. The number of aromatic nitrogens is 2. The van der Waals surface area contributed by atoms with E-state index >= 15 is 0 Å². The second-order valence-electron chi connectivity index (χ2n) is 4.60. The van der Waals surface area contributed by atoms with Gasteiger partial charge in [-0.05, 0) is 24.1 Å². The van der Waals surface area contributed by atoms with Crippen molar-refractivity contribution in [2.45, 2.75) is 32.1 Å². The Bertz CT molecular complexity index is 613. The average Bonchev–Trinajstić information content (AvgIpc) is 2.83. The van der Waals surface area contributed by atoms with Gasteiger partial charge >= 0.3 is 0 Å². The molecule has 0 aliphatic carbocycles. The highest BCUT2D eigenvalue weighted by molar-refractivity contribution is 5.21. The van der Waals surface area contributed by atoms with E-state index in [1.807, 2.05) is 6.92 Å². The first-order valence-electron chi connectivity index (χ1n) is 6.23. The van der Waals surface area contributed by atoms with Crippen molar-refractivity contribution in [3.63, 3.8) is 0 Å². The molecule has 0 spiro atoms. The van der Waals surface area contributed by atoms with Gasteiger partial charge in [0.1, 0.15) is 11.6 Å². The second kappa shape index (κ2) is 6.24. The number of benzene rings is 1. The van der Waals surface area contributed by atoms with Crippen LogP contribution in [0.2, 0.25) is 0 Å². The van der Waals surface area contributed by atoms with E-state index in [0.717, 1.165) is 6.07 Å². The lowest BCUT2D eigenvalue weighted by atomic mass is 10.1. The Morgan fingerprint density at radius 2 is 2.00 bits per heavy atom. The van der Waals surface area contributed by atoms with Crippen molar-refractivity contribution in [2.75, 3.05) is 0 Å². The molecule has 1 aromatic heterocycles. The Hall–Kier alpha value is -2.29. The van der Waals surface area contributed by atoms with Crippen molar-refractivity contribution in [1.82, 2.24) is 10.1 Å². The molecule has 20 heavy (non-hydrogen) atoms. The summed E-state index contributed by atoms with van der Waals surface area (Å²) in [5.74, 6) is -0.474. The summed E-state index contributed by atoms with van der Waals surface area (Å²) in [5.41, 5.74) is 0.444. The van der Waals surface area contributed by atoms with Gasteiger partial charge < -0.3 is 4.52 Å². The van der Waals surface area contributed by atoms with Crippen LogP contribution in [0.25, 0.3) is 0 Å². The zero-order valence-electron chi connectivity index (χ0n) is 10.9. The lowest BCUT2D eigenvalue weighted by molar-refractivity contribution is 0.351. The van der Waals surface area contributed by atoms with Gasteiger partial charge in [0.2, 0.25) is 5.89 Å². The summed E-state index contributed by atoms with van der Waals surface area (Å²) in [6.45, 7) is 1.89. The largest absolute Gasteiger partial charge is 0.339 e. The molecular formula is C14H13F2N3O. The van der Waals surface area contributed by atoms with Crippen LogP contribution in [0.5, 0.6) is 0 Å². The first kappa shape index (κ1) is 14.1. The van der Waals surface area contributed by atoms with Gasteiger partial charge in [-0.25, -0.2) is 8.78 Å². The van der Waals surface area contributed by atoms with Crippen LogP contribution in [-0.4, -0.2) is 10.1 Å². The van der Waals surface area contributed by atoms with Crippen molar-refractivity contribution in [3.05, 3.63) is 47.1 Å². The Kier molecular flexibility index (Phi) is 4.41. The third-order valence-corrected chi connectivity index (χ3v) is 2.88. The maximum absolute atomic E-state index is 13.1. The van der Waals surface area contributed by atoms with Crippen molar-refractivity contribution < 1.29 is 13.3 Å². The van der Waals surface area contributed by atoms with Gasteiger partial charge in [-0.1, -0.05) is 12.1 Å². The van der Waals surface area contributed by atoms with E-state index in [0.29, 0.717) is 30.1 Å². The standard InChI is InChI=1S/C14H13F2N3O/c1-9(3-2-4-17)14-18-13(19-20-14)7-10-5-11(15)8-12(16)6-10/h5-6,8-9H,2-3,7H2,1H3. The molecule has 0 N–H and O–H groups in total. The molecule has 1 aromatic carbocycles. The lowest BCUT2D eigenvalue weighted by Crippen LogP contribution is -1.96. The summed E-state index contributed by atoms with van der Waals surface area (Å²) in [4.78, 5) is 4.19. The molecule has 1 heterocycles. The Morgan fingerprint density at radius 3 is 2.65 bits per heavy atom. The van der Waals surface area contributed by atoms with Crippen LogP contribution in [0.1, 0.15) is 43.0 Å². The molecule has 2 aromatic rings. The van der Waals surface area contributed by atoms with Crippen LogP contribution in [0.3, 0.4) is 0 Å². The van der Waals surface area contributed by atoms with Gasteiger partial charge in [0.25, 0.3) is 0 Å². The molecule has 0 fully saturated rings. The molecule has 0 aliphatic heterocycles. The maximum atomic E-state index is 13.1. The normalized spacial score (nSPS) is 12.1. The number of nitriles is 1. The monoisotopic (exact) mass is 277 g/mol. The van der Waals surface area contributed by atoms with Gasteiger partial charge in [0.15, 0.2) is 5.82 Å². The molecule has 4 nitrogen and oxygen atoms in total. The van der Waals surface area contributed by atoms with Crippen molar-refractivity contribution in [2.24, 2.45) is 0 Å². The highest BCUT2D eigenvalue weighted by Crippen LogP contribution is 2.19. The zero-order valence-corrected chi connectivity index (χ0v) is 10.9. The SMILES string of the molecule is CC(CCC#N)c1nc(Cc2cc(F)cc(F)c2)no1. The van der Waals surface area contributed by atoms with Gasteiger partial charge in [-0.2, -0.15) is 10.2 Å². The predicted octanol–water partition coefficient (Wildman–Crippen LogP) is 3.35. The minimum absolute atomic E-state index is 0.0138. The summed E-state index contributed by atoms with van der Waals surface area (Å²) in [7, 11) is 0. The lowest BCUT2D eigenvalue weighted by Gasteiger charge is -2.01. The van der Waals surface area contributed by atoms with Crippen LogP contribution >= 0.6 is 0 Å². The van der Waals surface area contributed by atoms with E-state index in [-0.39, 0.29) is 12.3 Å². The first-order chi connectivity index (χ1) is 9.58. The van der Waals surface area contributed by atoms with Crippen LogP contribution in [-0.2, 0) is 6.42 Å². The minimum Gasteiger partial charge on any atom is -0.339 e. The summed E-state index contributed by atoms with van der Waals surface area (Å²) in [6.07, 6.45) is 1.24. The fourth-order valence-corrected chi connectivity index (χ4v) is 1.84. The third-order valence-electron chi connectivity index (χ3n) is 2.88. The predicted molar refractivity (Wildman–Crippen MR) is 66.7 cm³/mol. The van der Waals surface area contributed by atoms with Gasteiger partial charge in [-0.15, -0.1) is 0 Å². The minimum atomic E-state index is -0.633. The van der Waals surface area contributed by atoms with Crippen LogP contribution in [0, 0.1) is 23.0 Å². The number of halogens is 2. The van der Waals surface area contributed by atoms with Crippen molar-refractivity contribution >= 4 is 0 Å². The van der Waals surface area contributed by atoms with E-state index in [1.54, 1.807) is 0 Å². The van der Waals surface area contributed by atoms with Gasteiger partial charge in [0.05, 0.1) is 6.07 Å². The molecule has 0 aliphatic rings. The average molecular weight is 277 g/mol. The van der Waals surface area contributed by atoms with Crippen molar-refractivity contribution in [3.8, 4) is 6.07 Å². The zero-order chi connectivity index (χ0) is 14.5. The van der Waals surface area contributed by atoms with E-state index < -0.39 is 11.6 Å². The van der Waals surface area contributed by atoms with E-state index in [9.17, 15) is 8.78 Å². The maximum Gasteiger partial charge on any atom is 0.229 e. The number of nitrogens with zero attached hydrogens (tertiary/aromatic N) is 3.